The van der Waals surface area contributed by atoms with Crippen molar-refractivity contribution >= 4 is 23.5 Å². The number of nitriles is 1. The topological polar surface area (TPSA) is 99.4 Å². The lowest BCUT2D eigenvalue weighted by molar-refractivity contribution is -0.125. The minimum absolute atomic E-state index is 0.113. The number of benzene rings is 1. The number of halogens is 1. The van der Waals surface area contributed by atoms with Gasteiger partial charge in [-0.05, 0) is 31.0 Å². The maximum atomic E-state index is 11.9. The molecule has 0 unspecified atom stereocenters. The van der Waals surface area contributed by atoms with E-state index in [9.17, 15) is 20.0 Å². The zero-order chi connectivity index (χ0) is 16.9. The number of nitrogens with zero attached hydrogens (tertiary/aromatic N) is 1. The third-order valence-electron chi connectivity index (χ3n) is 3.81. The van der Waals surface area contributed by atoms with Crippen LogP contribution in [-0.4, -0.2) is 29.1 Å². The lowest BCUT2D eigenvalue weighted by atomic mass is 9.83. The molecule has 0 radical (unpaired) electrons. The number of rotatable bonds is 4. The number of phenolic OH excluding ortho intramolecular Hbond substituents is 1. The van der Waals surface area contributed by atoms with Gasteiger partial charge in [-0.2, -0.15) is 5.26 Å². The first kappa shape index (κ1) is 17.1. The number of carbonyl (C=O) groups is 2. The van der Waals surface area contributed by atoms with Crippen molar-refractivity contribution in [2.24, 2.45) is 0 Å². The normalized spacial score (nSPS) is 16.2. The number of amides is 1. The van der Waals surface area contributed by atoms with Crippen molar-refractivity contribution < 1.29 is 19.4 Å². The van der Waals surface area contributed by atoms with E-state index in [-0.39, 0.29) is 16.3 Å². The lowest BCUT2D eigenvalue weighted by Gasteiger charge is -2.31. The van der Waals surface area contributed by atoms with Gasteiger partial charge >= 0.3 is 5.97 Å². The molecule has 0 aromatic heterocycles. The summed E-state index contributed by atoms with van der Waals surface area (Å²) in [6.45, 7) is -0.520. The van der Waals surface area contributed by atoms with Crippen molar-refractivity contribution in [3.8, 4) is 11.8 Å². The molecular formula is C16H17ClN2O4. The van der Waals surface area contributed by atoms with Gasteiger partial charge in [0.15, 0.2) is 6.61 Å². The molecule has 1 amide bonds. The van der Waals surface area contributed by atoms with Crippen molar-refractivity contribution in [2.75, 3.05) is 6.61 Å². The summed E-state index contributed by atoms with van der Waals surface area (Å²) in [5.74, 6) is -1.67. The standard InChI is InChI=1S/C16H17ClN2O4/c17-11-4-5-13(20)12(8-11)15(22)23-9-14(21)19-16(10-18)6-2-1-3-7-16/h4-5,8,20H,1-3,6-7,9H2,(H,19,21). The number of nitrogens with one attached hydrogen (secondary N) is 1. The molecule has 1 aromatic carbocycles. The number of ether oxygens (including phenoxy) is 1. The van der Waals surface area contributed by atoms with Crippen molar-refractivity contribution in [1.29, 1.82) is 5.26 Å². The Bertz CT molecular complexity index is 648. The summed E-state index contributed by atoms with van der Waals surface area (Å²) < 4.78 is 4.88. The first-order valence-electron chi connectivity index (χ1n) is 7.34. The van der Waals surface area contributed by atoms with Crippen LogP contribution in [0.1, 0.15) is 42.5 Å². The largest absolute Gasteiger partial charge is 0.507 e. The van der Waals surface area contributed by atoms with Crippen LogP contribution in [0.2, 0.25) is 5.02 Å². The molecule has 1 saturated carbocycles. The van der Waals surface area contributed by atoms with Crippen LogP contribution in [0.3, 0.4) is 0 Å². The molecule has 0 bridgehead atoms. The zero-order valence-corrected chi connectivity index (χ0v) is 13.2. The van der Waals surface area contributed by atoms with Crippen molar-refractivity contribution in [3.63, 3.8) is 0 Å². The third-order valence-corrected chi connectivity index (χ3v) is 4.05. The average Bonchev–Trinajstić information content (AvgIpc) is 2.55. The number of phenols is 1. The highest BCUT2D eigenvalue weighted by Crippen LogP contribution is 2.27. The Hall–Kier alpha value is -2.26. The maximum absolute atomic E-state index is 11.9. The van der Waals surface area contributed by atoms with E-state index in [0.29, 0.717) is 12.8 Å². The maximum Gasteiger partial charge on any atom is 0.342 e. The second-order valence-corrected chi connectivity index (χ2v) is 5.98. The van der Waals surface area contributed by atoms with Gasteiger partial charge in [-0.3, -0.25) is 4.79 Å². The van der Waals surface area contributed by atoms with E-state index >= 15 is 0 Å². The molecule has 0 spiro atoms. The summed E-state index contributed by atoms with van der Waals surface area (Å²) in [5.41, 5.74) is -0.988. The van der Waals surface area contributed by atoms with Gasteiger partial charge in [0, 0.05) is 5.02 Å². The van der Waals surface area contributed by atoms with Crippen molar-refractivity contribution in [1.82, 2.24) is 5.32 Å². The van der Waals surface area contributed by atoms with Gasteiger partial charge in [0.2, 0.25) is 0 Å². The number of carbonyl (C=O) groups excluding carboxylic acids is 2. The van der Waals surface area contributed by atoms with Crippen molar-refractivity contribution in [2.45, 2.75) is 37.6 Å². The summed E-state index contributed by atoms with van der Waals surface area (Å²) in [4.78, 5) is 23.8. The fourth-order valence-corrected chi connectivity index (χ4v) is 2.78. The highest BCUT2D eigenvalue weighted by molar-refractivity contribution is 6.31. The van der Waals surface area contributed by atoms with Gasteiger partial charge in [0.05, 0.1) is 6.07 Å². The van der Waals surface area contributed by atoms with Gasteiger partial charge < -0.3 is 15.2 Å². The summed E-state index contributed by atoms with van der Waals surface area (Å²) in [5, 5.41) is 21.8. The Kier molecular flexibility index (Phi) is 5.45. The van der Waals surface area contributed by atoms with E-state index in [2.05, 4.69) is 11.4 Å². The fraction of sp³-hybridized carbons (Fsp3) is 0.438. The Morgan fingerprint density at radius 3 is 2.70 bits per heavy atom. The monoisotopic (exact) mass is 336 g/mol. The fourth-order valence-electron chi connectivity index (χ4n) is 2.60. The number of aromatic hydroxyl groups is 1. The van der Waals surface area contributed by atoms with E-state index in [4.69, 9.17) is 16.3 Å². The van der Waals surface area contributed by atoms with Gasteiger partial charge in [-0.25, -0.2) is 4.79 Å². The van der Waals surface area contributed by atoms with E-state index < -0.39 is 24.0 Å². The van der Waals surface area contributed by atoms with E-state index in [1.54, 1.807) is 0 Å². The molecule has 1 aliphatic rings. The van der Waals surface area contributed by atoms with Crippen LogP contribution in [0.4, 0.5) is 0 Å². The molecule has 7 heteroatoms. The molecule has 23 heavy (non-hydrogen) atoms. The second kappa shape index (κ2) is 7.34. The Morgan fingerprint density at radius 2 is 2.04 bits per heavy atom. The van der Waals surface area contributed by atoms with Crippen LogP contribution in [0.5, 0.6) is 5.75 Å². The Morgan fingerprint density at radius 1 is 1.35 bits per heavy atom. The molecule has 1 fully saturated rings. The Labute approximate surface area is 139 Å². The lowest BCUT2D eigenvalue weighted by Crippen LogP contribution is -2.50. The molecule has 2 rings (SSSR count). The number of hydrogen-bond acceptors (Lipinski definition) is 5. The third kappa shape index (κ3) is 4.36. The van der Waals surface area contributed by atoms with E-state index in [0.717, 1.165) is 19.3 Å². The highest BCUT2D eigenvalue weighted by Gasteiger charge is 2.33. The molecule has 2 N–H and O–H groups in total. The van der Waals surface area contributed by atoms with Crippen LogP contribution < -0.4 is 5.32 Å². The minimum Gasteiger partial charge on any atom is -0.507 e. The SMILES string of the molecule is N#CC1(NC(=O)COC(=O)c2cc(Cl)ccc2O)CCCCC1. The molecule has 0 heterocycles. The smallest absolute Gasteiger partial charge is 0.342 e. The molecule has 0 saturated heterocycles. The van der Waals surface area contributed by atoms with Crippen molar-refractivity contribution in [3.05, 3.63) is 28.8 Å². The molecule has 1 aromatic rings. The average molecular weight is 337 g/mol. The van der Waals surface area contributed by atoms with Gasteiger partial charge in [0.25, 0.3) is 5.91 Å². The zero-order valence-electron chi connectivity index (χ0n) is 12.5. The first-order chi connectivity index (χ1) is 11.0. The first-order valence-corrected chi connectivity index (χ1v) is 7.71. The molecule has 6 nitrogen and oxygen atoms in total. The van der Waals surface area contributed by atoms with E-state index in [1.165, 1.54) is 18.2 Å². The van der Waals surface area contributed by atoms with Gasteiger partial charge in [-0.1, -0.05) is 30.9 Å². The summed E-state index contributed by atoms with van der Waals surface area (Å²) >= 11 is 5.76. The molecular weight excluding hydrogens is 320 g/mol. The predicted molar refractivity (Wildman–Crippen MR) is 83.0 cm³/mol. The molecule has 122 valence electrons. The predicted octanol–water partition coefficient (Wildman–Crippen LogP) is 2.55. The highest BCUT2D eigenvalue weighted by atomic mass is 35.5. The minimum atomic E-state index is -0.875. The quantitative estimate of drug-likeness (QED) is 0.823. The molecule has 0 aliphatic heterocycles. The van der Waals surface area contributed by atoms with Crippen LogP contribution in [0, 0.1) is 11.3 Å². The van der Waals surface area contributed by atoms with Gasteiger partial charge in [-0.15, -0.1) is 0 Å². The van der Waals surface area contributed by atoms with Crippen LogP contribution >= 0.6 is 11.6 Å². The molecule has 0 atom stereocenters. The van der Waals surface area contributed by atoms with E-state index in [1.807, 2.05) is 0 Å². The summed E-state index contributed by atoms with van der Waals surface area (Å²) in [6, 6.07) is 6.11. The molecule has 1 aliphatic carbocycles. The summed E-state index contributed by atoms with van der Waals surface area (Å²) in [6.07, 6.45) is 3.99. The second-order valence-electron chi connectivity index (χ2n) is 5.54. The van der Waals surface area contributed by atoms with Crippen LogP contribution in [-0.2, 0) is 9.53 Å². The number of esters is 1. The number of hydrogen-bond donors (Lipinski definition) is 2. The summed E-state index contributed by atoms with van der Waals surface area (Å²) in [7, 11) is 0. The van der Waals surface area contributed by atoms with Crippen LogP contribution in [0.15, 0.2) is 18.2 Å². The van der Waals surface area contributed by atoms with Gasteiger partial charge in [0.1, 0.15) is 16.9 Å². The van der Waals surface area contributed by atoms with Crippen LogP contribution in [0.25, 0.3) is 0 Å². The Balaban J connectivity index is 1.92.